The molecule has 0 bridgehead atoms. The zero-order valence-electron chi connectivity index (χ0n) is 27.8. The number of nitrogens with one attached hydrogen (secondary N) is 1. The van der Waals surface area contributed by atoms with Crippen molar-refractivity contribution in [2.24, 2.45) is 0 Å². The standard InChI is InChI=1S/C38H45N3O5S/c1-6-30(5)39-38(43)36(25-31-11-9-8-10-12-31)40(26-32-17-13-28(3)14-18-32)37(42)27-41(33-19-15-29(4)16-20-33)47(44,45)35-23-21-34(22-24-35)46-7-2/h8-24,30,36H,6-7,25-27H2,1-5H3,(H,39,43). The van der Waals surface area contributed by atoms with E-state index in [0.717, 1.165) is 33.0 Å². The third kappa shape index (κ3) is 9.45. The highest BCUT2D eigenvalue weighted by atomic mass is 32.2. The van der Waals surface area contributed by atoms with Gasteiger partial charge in [0.15, 0.2) is 0 Å². The summed E-state index contributed by atoms with van der Waals surface area (Å²) in [6.07, 6.45) is 0.980. The second-order valence-corrected chi connectivity index (χ2v) is 13.6. The van der Waals surface area contributed by atoms with E-state index in [0.29, 0.717) is 18.0 Å². The maximum absolute atomic E-state index is 14.6. The van der Waals surface area contributed by atoms with Crippen LogP contribution in [0.5, 0.6) is 5.75 Å². The highest BCUT2D eigenvalue weighted by molar-refractivity contribution is 7.92. The Morgan fingerprint density at radius 1 is 0.787 bits per heavy atom. The van der Waals surface area contributed by atoms with Crippen LogP contribution in [0.25, 0.3) is 0 Å². The lowest BCUT2D eigenvalue weighted by Gasteiger charge is -2.34. The molecule has 0 fully saturated rings. The van der Waals surface area contributed by atoms with Crippen LogP contribution in [0.2, 0.25) is 0 Å². The molecule has 47 heavy (non-hydrogen) atoms. The van der Waals surface area contributed by atoms with Gasteiger partial charge in [0.05, 0.1) is 17.2 Å². The average Bonchev–Trinajstić information content (AvgIpc) is 3.07. The average molecular weight is 656 g/mol. The number of carbonyl (C=O) groups is 2. The van der Waals surface area contributed by atoms with Gasteiger partial charge in [-0.2, -0.15) is 0 Å². The molecule has 0 aromatic heterocycles. The van der Waals surface area contributed by atoms with E-state index in [1.807, 2.05) is 101 Å². The summed E-state index contributed by atoms with van der Waals surface area (Å²) < 4.78 is 35.2. The molecule has 8 nitrogen and oxygen atoms in total. The van der Waals surface area contributed by atoms with Crippen LogP contribution in [0.4, 0.5) is 5.69 Å². The number of aryl methyl sites for hydroxylation is 2. The number of benzene rings is 4. The van der Waals surface area contributed by atoms with Crippen LogP contribution in [-0.2, 0) is 32.6 Å². The third-order valence-electron chi connectivity index (χ3n) is 8.07. The maximum Gasteiger partial charge on any atom is 0.264 e. The van der Waals surface area contributed by atoms with Crippen molar-refractivity contribution in [3.05, 3.63) is 125 Å². The largest absolute Gasteiger partial charge is 0.494 e. The number of ether oxygens (including phenoxy) is 1. The second kappa shape index (κ2) is 16.3. The summed E-state index contributed by atoms with van der Waals surface area (Å²) in [4.78, 5) is 30.1. The van der Waals surface area contributed by atoms with Crippen molar-refractivity contribution in [1.82, 2.24) is 10.2 Å². The van der Waals surface area contributed by atoms with Crippen LogP contribution in [0.3, 0.4) is 0 Å². The summed E-state index contributed by atoms with van der Waals surface area (Å²) in [5.41, 5.74) is 4.07. The van der Waals surface area contributed by atoms with E-state index in [1.165, 1.54) is 17.0 Å². The lowest BCUT2D eigenvalue weighted by Crippen LogP contribution is -2.54. The van der Waals surface area contributed by atoms with Crippen LogP contribution in [0.1, 0.15) is 49.4 Å². The number of sulfonamides is 1. The molecule has 0 aliphatic heterocycles. The molecular formula is C38H45N3O5S. The Labute approximate surface area is 279 Å². The molecule has 2 unspecified atom stereocenters. The molecule has 0 spiro atoms. The van der Waals surface area contributed by atoms with Gasteiger partial charge in [0.1, 0.15) is 18.3 Å². The van der Waals surface area contributed by atoms with E-state index >= 15 is 0 Å². The summed E-state index contributed by atoms with van der Waals surface area (Å²) in [6.45, 7) is 9.71. The fourth-order valence-corrected chi connectivity index (χ4v) is 6.54. The first-order valence-corrected chi connectivity index (χ1v) is 17.5. The Kier molecular flexibility index (Phi) is 12.2. The summed E-state index contributed by atoms with van der Waals surface area (Å²) in [6, 6.07) is 29.5. The number of hydrogen-bond acceptors (Lipinski definition) is 5. The highest BCUT2D eigenvalue weighted by Crippen LogP contribution is 2.27. The van der Waals surface area contributed by atoms with Crippen molar-refractivity contribution < 1.29 is 22.7 Å². The summed E-state index contributed by atoms with van der Waals surface area (Å²) in [5, 5.41) is 3.07. The van der Waals surface area contributed by atoms with E-state index < -0.39 is 28.5 Å². The Morgan fingerprint density at radius 2 is 1.38 bits per heavy atom. The van der Waals surface area contributed by atoms with E-state index in [-0.39, 0.29) is 29.8 Å². The lowest BCUT2D eigenvalue weighted by atomic mass is 10.0. The Morgan fingerprint density at radius 3 is 1.96 bits per heavy atom. The van der Waals surface area contributed by atoms with E-state index in [4.69, 9.17) is 4.74 Å². The number of anilines is 1. The van der Waals surface area contributed by atoms with Gasteiger partial charge >= 0.3 is 0 Å². The van der Waals surface area contributed by atoms with Crippen LogP contribution in [0.15, 0.2) is 108 Å². The molecule has 4 aromatic carbocycles. The van der Waals surface area contributed by atoms with Gasteiger partial charge in [-0.05, 0) is 81.6 Å². The minimum Gasteiger partial charge on any atom is -0.494 e. The van der Waals surface area contributed by atoms with Crippen molar-refractivity contribution in [2.75, 3.05) is 17.5 Å². The van der Waals surface area contributed by atoms with Crippen molar-refractivity contribution in [2.45, 2.75) is 71.0 Å². The van der Waals surface area contributed by atoms with E-state index in [9.17, 15) is 18.0 Å². The van der Waals surface area contributed by atoms with Gasteiger partial charge in [0.2, 0.25) is 11.8 Å². The minimum atomic E-state index is -4.20. The van der Waals surface area contributed by atoms with Gasteiger partial charge in [-0.15, -0.1) is 0 Å². The van der Waals surface area contributed by atoms with Crippen LogP contribution in [-0.4, -0.2) is 50.4 Å². The fraction of sp³-hybridized carbons (Fsp3) is 0.316. The molecule has 248 valence electrons. The number of hydrogen-bond donors (Lipinski definition) is 1. The molecular weight excluding hydrogens is 611 g/mol. The molecule has 0 saturated carbocycles. The van der Waals surface area contributed by atoms with Crippen molar-refractivity contribution in [3.63, 3.8) is 0 Å². The van der Waals surface area contributed by atoms with Crippen molar-refractivity contribution in [1.29, 1.82) is 0 Å². The normalized spacial score (nSPS) is 12.5. The number of amides is 2. The predicted molar refractivity (Wildman–Crippen MR) is 187 cm³/mol. The van der Waals surface area contributed by atoms with Crippen LogP contribution in [0, 0.1) is 13.8 Å². The predicted octanol–water partition coefficient (Wildman–Crippen LogP) is 6.45. The van der Waals surface area contributed by atoms with E-state index in [1.54, 1.807) is 24.3 Å². The lowest BCUT2D eigenvalue weighted by molar-refractivity contribution is -0.140. The molecule has 4 rings (SSSR count). The molecule has 1 N–H and O–H groups in total. The smallest absolute Gasteiger partial charge is 0.264 e. The molecule has 4 aromatic rings. The summed E-state index contributed by atoms with van der Waals surface area (Å²) in [5.74, 6) is -0.245. The van der Waals surface area contributed by atoms with Crippen molar-refractivity contribution >= 4 is 27.5 Å². The quantitative estimate of drug-likeness (QED) is 0.159. The van der Waals surface area contributed by atoms with Gasteiger partial charge in [-0.25, -0.2) is 8.42 Å². The fourth-order valence-electron chi connectivity index (χ4n) is 5.13. The van der Waals surface area contributed by atoms with Crippen molar-refractivity contribution in [3.8, 4) is 5.75 Å². The first kappa shape index (κ1) is 35.2. The third-order valence-corrected chi connectivity index (χ3v) is 9.86. The Balaban J connectivity index is 1.79. The SMILES string of the molecule is CCOc1ccc(S(=O)(=O)N(CC(=O)N(Cc2ccc(C)cc2)C(Cc2ccccc2)C(=O)NC(C)CC)c2ccc(C)cc2)cc1. The zero-order chi connectivity index (χ0) is 34.0. The zero-order valence-corrected chi connectivity index (χ0v) is 28.7. The first-order chi connectivity index (χ1) is 22.5. The van der Waals surface area contributed by atoms with Gasteiger partial charge < -0.3 is 15.0 Å². The maximum atomic E-state index is 14.6. The van der Waals surface area contributed by atoms with Gasteiger partial charge in [-0.1, -0.05) is 84.8 Å². The molecule has 2 amide bonds. The molecule has 0 aliphatic rings. The van der Waals surface area contributed by atoms with Crippen LogP contribution < -0.4 is 14.4 Å². The number of nitrogens with zero attached hydrogens (tertiary/aromatic N) is 2. The Hall–Kier alpha value is -4.63. The number of carbonyl (C=O) groups excluding carboxylic acids is 2. The first-order valence-electron chi connectivity index (χ1n) is 16.0. The summed E-state index contributed by atoms with van der Waals surface area (Å²) in [7, 11) is -4.20. The van der Waals surface area contributed by atoms with Gasteiger partial charge in [-0.3, -0.25) is 13.9 Å². The minimum absolute atomic E-state index is 0.0229. The molecule has 0 aliphatic carbocycles. The molecule has 2 atom stereocenters. The highest BCUT2D eigenvalue weighted by Gasteiger charge is 2.35. The summed E-state index contributed by atoms with van der Waals surface area (Å²) >= 11 is 0. The molecule has 0 heterocycles. The Bertz CT molecular complexity index is 1710. The van der Waals surface area contributed by atoms with Gasteiger partial charge in [0, 0.05) is 19.0 Å². The molecule has 0 saturated heterocycles. The topological polar surface area (TPSA) is 96.0 Å². The van der Waals surface area contributed by atoms with Crippen LogP contribution >= 0.6 is 0 Å². The monoisotopic (exact) mass is 655 g/mol. The molecule has 9 heteroatoms. The second-order valence-electron chi connectivity index (χ2n) is 11.8. The van der Waals surface area contributed by atoms with Gasteiger partial charge in [0.25, 0.3) is 10.0 Å². The number of rotatable bonds is 15. The molecule has 0 radical (unpaired) electrons. The van der Waals surface area contributed by atoms with E-state index in [2.05, 4.69) is 5.32 Å².